The maximum Gasteiger partial charge on any atom is 0.230 e. The number of benzene rings is 1. The molecule has 0 atom stereocenters. The minimum absolute atomic E-state index is 0.0546. The van der Waals surface area contributed by atoms with Gasteiger partial charge < -0.3 is 10.3 Å². The molecule has 1 aromatic carbocycles. The fourth-order valence-corrected chi connectivity index (χ4v) is 1.73. The van der Waals surface area contributed by atoms with Crippen molar-refractivity contribution in [2.24, 2.45) is 0 Å². The third-order valence-electron chi connectivity index (χ3n) is 2.48. The minimum atomic E-state index is -0.669. The Labute approximate surface area is 97.2 Å². The molecule has 0 aliphatic carbocycles. The molecule has 0 aliphatic heterocycles. The van der Waals surface area contributed by atoms with E-state index in [-0.39, 0.29) is 11.4 Å². The average molecular weight is 238 g/mol. The summed E-state index contributed by atoms with van der Waals surface area (Å²) < 4.78 is 31.3. The number of rotatable bonds is 3. The van der Waals surface area contributed by atoms with Crippen LogP contribution in [0.1, 0.15) is 19.0 Å². The first kappa shape index (κ1) is 11.6. The highest BCUT2D eigenvalue weighted by Gasteiger charge is 2.18. The number of hydrogen-bond donors (Lipinski definition) is 1. The molecular formula is C12H12F2N2O. The molecule has 0 unspecified atom stereocenters. The summed E-state index contributed by atoms with van der Waals surface area (Å²) in [6, 6.07) is 3.34. The molecule has 2 N–H and O–H groups in total. The van der Waals surface area contributed by atoms with Crippen LogP contribution >= 0.6 is 0 Å². The number of nitrogen functional groups attached to an aromatic ring is 1. The van der Waals surface area contributed by atoms with E-state index in [1.165, 1.54) is 12.1 Å². The Morgan fingerprint density at radius 2 is 2.12 bits per heavy atom. The van der Waals surface area contributed by atoms with Crippen molar-refractivity contribution < 1.29 is 13.3 Å². The maximum absolute atomic E-state index is 13.6. The van der Waals surface area contributed by atoms with Gasteiger partial charge in [-0.25, -0.2) is 8.78 Å². The van der Waals surface area contributed by atoms with E-state index in [9.17, 15) is 8.78 Å². The maximum atomic E-state index is 13.6. The summed E-state index contributed by atoms with van der Waals surface area (Å²) in [5.74, 6) is -1.24. The summed E-state index contributed by atoms with van der Waals surface area (Å²) in [6.07, 6.45) is 1.47. The highest BCUT2D eigenvalue weighted by atomic mass is 19.1. The van der Waals surface area contributed by atoms with Gasteiger partial charge in [0.15, 0.2) is 0 Å². The molecule has 1 aromatic heterocycles. The van der Waals surface area contributed by atoms with Gasteiger partial charge in [-0.2, -0.15) is 0 Å². The predicted octanol–water partition coefficient (Wildman–Crippen LogP) is 3.15. The van der Waals surface area contributed by atoms with Gasteiger partial charge in [-0.15, -0.1) is 0 Å². The summed E-state index contributed by atoms with van der Waals surface area (Å²) in [6.45, 7) is 1.97. The highest BCUT2D eigenvalue weighted by Crippen LogP contribution is 2.32. The molecule has 0 aliphatic rings. The van der Waals surface area contributed by atoms with Crippen molar-refractivity contribution in [2.45, 2.75) is 19.8 Å². The van der Waals surface area contributed by atoms with Crippen molar-refractivity contribution in [1.29, 1.82) is 0 Å². The van der Waals surface area contributed by atoms with Crippen LogP contribution in [-0.4, -0.2) is 5.16 Å². The van der Waals surface area contributed by atoms with Gasteiger partial charge >= 0.3 is 0 Å². The lowest BCUT2D eigenvalue weighted by Crippen LogP contribution is -1.94. The quantitative estimate of drug-likeness (QED) is 0.893. The van der Waals surface area contributed by atoms with Gasteiger partial charge in [0, 0.05) is 11.6 Å². The number of halogens is 2. The minimum Gasteiger partial charge on any atom is -0.367 e. The predicted molar refractivity (Wildman–Crippen MR) is 60.3 cm³/mol. The Balaban J connectivity index is 2.55. The summed E-state index contributed by atoms with van der Waals surface area (Å²) in [5, 5.41) is 3.78. The molecule has 0 radical (unpaired) electrons. The van der Waals surface area contributed by atoms with Crippen LogP contribution in [-0.2, 0) is 6.42 Å². The number of aromatic nitrogens is 1. The molecule has 5 heteroatoms. The van der Waals surface area contributed by atoms with Gasteiger partial charge in [-0.1, -0.05) is 18.5 Å². The standard InChI is InChI=1S/C12H12F2N2O/c1-2-3-10-11(12(15)17-16-10)8-5-4-7(13)6-9(8)14/h4-6H,2-3,15H2,1H3. The lowest BCUT2D eigenvalue weighted by Gasteiger charge is -2.03. The molecule has 90 valence electrons. The van der Waals surface area contributed by atoms with Crippen molar-refractivity contribution in [3.63, 3.8) is 0 Å². The molecule has 0 saturated heterocycles. The van der Waals surface area contributed by atoms with E-state index < -0.39 is 11.6 Å². The Bertz CT molecular complexity index is 537. The molecule has 2 aromatic rings. The van der Waals surface area contributed by atoms with E-state index in [0.29, 0.717) is 17.7 Å². The first-order valence-corrected chi connectivity index (χ1v) is 5.33. The molecule has 0 saturated carbocycles. The monoisotopic (exact) mass is 238 g/mol. The van der Waals surface area contributed by atoms with Crippen LogP contribution in [0.5, 0.6) is 0 Å². The van der Waals surface area contributed by atoms with E-state index in [1.54, 1.807) is 0 Å². The number of nitrogens with zero attached hydrogens (tertiary/aromatic N) is 1. The summed E-state index contributed by atoms with van der Waals surface area (Å²) >= 11 is 0. The third-order valence-corrected chi connectivity index (χ3v) is 2.48. The van der Waals surface area contributed by atoms with Crippen molar-refractivity contribution in [3.8, 4) is 11.1 Å². The first-order chi connectivity index (χ1) is 8.13. The second kappa shape index (κ2) is 4.53. The molecule has 0 fully saturated rings. The lowest BCUT2D eigenvalue weighted by molar-refractivity contribution is 0.427. The lowest BCUT2D eigenvalue weighted by atomic mass is 10.0. The molecule has 17 heavy (non-hydrogen) atoms. The van der Waals surface area contributed by atoms with Crippen LogP contribution < -0.4 is 5.73 Å². The fraction of sp³-hybridized carbons (Fsp3) is 0.250. The van der Waals surface area contributed by atoms with Crippen LogP contribution in [0.2, 0.25) is 0 Å². The van der Waals surface area contributed by atoms with Crippen LogP contribution in [0.4, 0.5) is 14.7 Å². The number of aryl methyl sites for hydroxylation is 1. The van der Waals surface area contributed by atoms with Gasteiger partial charge in [0.05, 0.1) is 11.3 Å². The zero-order valence-electron chi connectivity index (χ0n) is 9.34. The van der Waals surface area contributed by atoms with Crippen molar-refractivity contribution >= 4 is 5.88 Å². The number of hydrogen-bond acceptors (Lipinski definition) is 3. The Hall–Kier alpha value is -1.91. The van der Waals surface area contributed by atoms with Gasteiger partial charge in [0.1, 0.15) is 11.6 Å². The topological polar surface area (TPSA) is 52.0 Å². The van der Waals surface area contributed by atoms with E-state index in [4.69, 9.17) is 10.3 Å². The third kappa shape index (κ3) is 2.13. The van der Waals surface area contributed by atoms with Crippen LogP contribution in [0.25, 0.3) is 11.1 Å². The van der Waals surface area contributed by atoms with Gasteiger partial charge in [0.25, 0.3) is 0 Å². The fourth-order valence-electron chi connectivity index (χ4n) is 1.73. The van der Waals surface area contributed by atoms with Crippen molar-refractivity contribution in [3.05, 3.63) is 35.5 Å². The summed E-state index contributed by atoms with van der Waals surface area (Å²) in [4.78, 5) is 0. The average Bonchev–Trinajstić information content (AvgIpc) is 2.62. The van der Waals surface area contributed by atoms with Crippen LogP contribution in [0, 0.1) is 11.6 Å². The second-order valence-electron chi connectivity index (χ2n) is 3.74. The van der Waals surface area contributed by atoms with E-state index >= 15 is 0 Å². The number of anilines is 1. The molecule has 0 bridgehead atoms. The smallest absolute Gasteiger partial charge is 0.230 e. The van der Waals surface area contributed by atoms with Crippen molar-refractivity contribution in [1.82, 2.24) is 5.16 Å². The normalized spacial score (nSPS) is 10.8. The van der Waals surface area contributed by atoms with Gasteiger partial charge in [-0.3, -0.25) is 0 Å². The largest absolute Gasteiger partial charge is 0.367 e. The Morgan fingerprint density at radius 1 is 1.35 bits per heavy atom. The zero-order valence-corrected chi connectivity index (χ0v) is 9.34. The summed E-state index contributed by atoms with van der Waals surface area (Å²) in [5.41, 5.74) is 6.85. The Kier molecular flexibility index (Phi) is 3.08. The first-order valence-electron chi connectivity index (χ1n) is 5.33. The van der Waals surface area contributed by atoms with E-state index in [0.717, 1.165) is 12.5 Å². The number of nitrogens with two attached hydrogens (primary N) is 1. The van der Waals surface area contributed by atoms with Gasteiger partial charge in [-0.05, 0) is 18.6 Å². The molecule has 0 amide bonds. The van der Waals surface area contributed by atoms with E-state index in [1.807, 2.05) is 6.92 Å². The summed E-state index contributed by atoms with van der Waals surface area (Å²) in [7, 11) is 0. The highest BCUT2D eigenvalue weighted by molar-refractivity contribution is 5.75. The molecular weight excluding hydrogens is 226 g/mol. The Morgan fingerprint density at radius 3 is 2.76 bits per heavy atom. The zero-order chi connectivity index (χ0) is 12.4. The molecule has 0 spiro atoms. The van der Waals surface area contributed by atoms with Gasteiger partial charge in [0.2, 0.25) is 5.88 Å². The van der Waals surface area contributed by atoms with Crippen LogP contribution in [0.15, 0.2) is 22.7 Å². The van der Waals surface area contributed by atoms with E-state index in [2.05, 4.69) is 5.16 Å². The molecule has 1 heterocycles. The SMILES string of the molecule is CCCc1noc(N)c1-c1ccc(F)cc1F. The molecule has 3 nitrogen and oxygen atoms in total. The van der Waals surface area contributed by atoms with Crippen LogP contribution in [0.3, 0.4) is 0 Å². The molecule has 2 rings (SSSR count). The second-order valence-corrected chi connectivity index (χ2v) is 3.74. The van der Waals surface area contributed by atoms with Crippen molar-refractivity contribution in [2.75, 3.05) is 5.73 Å².